The van der Waals surface area contributed by atoms with Gasteiger partial charge in [-0.1, -0.05) is 27.7 Å². The third-order valence-corrected chi connectivity index (χ3v) is 2.80. The highest BCUT2D eigenvalue weighted by molar-refractivity contribution is 5.04. The predicted molar refractivity (Wildman–Crippen MR) is 77.8 cm³/mol. The van der Waals surface area contributed by atoms with Gasteiger partial charge in [0.1, 0.15) is 6.10 Å². The van der Waals surface area contributed by atoms with E-state index < -0.39 is 0 Å². The molecule has 1 heterocycles. The van der Waals surface area contributed by atoms with Crippen molar-refractivity contribution < 1.29 is 4.74 Å². The third kappa shape index (κ3) is 5.66. The highest BCUT2D eigenvalue weighted by Gasteiger charge is 2.19. The van der Waals surface area contributed by atoms with E-state index in [-0.39, 0.29) is 6.10 Å². The van der Waals surface area contributed by atoms with Crippen LogP contribution in [-0.2, 0) is 11.3 Å². The first kappa shape index (κ1) is 16.1. The minimum absolute atomic E-state index is 0.0185. The first-order chi connectivity index (χ1) is 9.04. The van der Waals surface area contributed by atoms with Crippen LogP contribution in [0.15, 0.2) is 12.3 Å². The fourth-order valence-electron chi connectivity index (χ4n) is 1.88. The number of nitrogens with one attached hydrogen (secondary N) is 1. The van der Waals surface area contributed by atoms with Gasteiger partial charge >= 0.3 is 0 Å². The van der Waals surface area contributed by atoms with E-state index in [0.717, 1.165) is 24.6 Å². The molecule has 1 atom stereocenters. The monoisotopic (exact) mass is 265 g/mol. The largest absolute Gasteiger partial charge is 0.370 e. The van der Waals surface area contributed by atoms with Gasteiger partial charge in [0.05, 0.1) is 5.69 Å². The van der Waals surface area contributed by atoms with Crippen LogP contribution in [0.2, 0.25) is 0 Å². The fourth-order valence-corrected chi connectivity index (χ4v) is 1.88. The summed E-state index contributed by atoms with van der Waals surface area (Å²) in [5.41, 5.74) is 1.02. The Balaban J connectivity index is 2.69. The van der Waals surface area contributed by atoms with Gasteiger partial charge in [-0.2, -0.15) is 0 Å². The summed E-state index contributed by atoms with van der Waals surface area (Å²) in [5.74, 6) is 1.81. The van der Waals surface area contributed by atoms with Gasteiger partial charge in [0.25, 0.3) is 0 Å². The molecule has 108 valence electrons. The van der Waals surface area contributed by atoms with Crippen molar-refractivity contribution in [1.29, 1.82) is 0 Å². The predicted octanol–water partition coefficient (Wildman–Crippen LogP) is 2.96. The van der Waals surface area contributed by atoms with E-state index in [2.05, 4.69) is 43.0 Å². The van der Waals surface area contributed by atoms with E-state index >= 15 is 0 Å². The van der Waals surface area contributed by atoms with E-state index in [1.807, 2.05) is 19.2 Å². The van der Waals surface area contributed by atoms with Gasteiger partial charge in [0, 0.05) is 19.3 Å². The fraction of sp³-hybridized carbons (Fsp3) is 0.733. The molecule has 0 aliphatic rings. The second-order valence-corrected chi connectivity index (χ2v) is 5.55. The molecule has 0 spiro atoms. The molecule has 0 aliphatic carbocycles. The molecule has 1 aromatic rings. The molecule has 1 N–H and O–H groups in total. The molecule has 0 amide bonds. The lowest BCUT2D eigenvalue weighted by molar-refractivity contribution is 0.0230. The van der Waals surface area contributed by atoms with Crippen molar-refractivity contribution in [3.05, 3.63) is 23.8 Å². The van der Waals surface area contributed by atoms with Gasteiger partial charge in [-0.25, -0.2) is 9.97 Å². The maximum absolute atomic E-state index is 5.74. The summed E-state index contributed by atoms with van der Waals surface area (Å²) in [6.45, 7) is 13.1. The molecule has 0 fully saturated rings. The summed E-state index contributed by atoms with van der Waals surface area (Å²) in [5, 5.41) is 3.40. The Morgan fingerprint density at radius 2 is 2.00 bits per heavy atom. The highest BCUT2D eigenvalue weighted by Crippen LogP contribution is 2.22. The van der Waals surface area contributed by atoms with Crippen molar-refractivity contribution in [1.82, 2.24) is 15.3 Å². The Labute approximate surface area is 117 Å². The molecule has 19 heavy (non-hydrogen) atoms. The SMILES string of the molecule is CCOC(c1nccc(CNCC(C)C)n1)C(C)C. The molecular formula is C15H27N3O. The van der Waals surface area contributed by atoms with Crippen LogP contribution < -0.4 is 5.32 Å². The number of hydrogen-bond acceptors (Lipinski definition) is 4. The Hall–Kier alpha value is -1.00. The van der Waals surface area contributed by atoms with E-state index in [0.29, 0.717) is 18.4 Å². The maximum Gasteiger partial charge on any atom is 0.157 e. The van der Waals surface area contributed by atoms with Crippen molar-refractivity contribution in [2.75, 3.05) is 13.2 Å². The van der Waals surface area contributed by atoms with Gasteiger partial charge in [0.2, 0.25) is 0 Å². The number of rotatable bonds is 8. The standard InChI is InChI=1S/C15H27N3O/c1-6-19-14(12(4)5)15-17-8-7-13(18-15)10-16-9-11(2)3/h7-8,11-12,14,16H,6,9-10H2,1-5H3. The Kier molecular flexibility index (Phi) is 6.95. The Morgan fingerprint density at radius 3 is 2.58 bits per heavy atom. The van der Waals surface area contributed by atoms with Gasteiger partial charge in [-0.3, -0.25) is 0 Å². The van der Waals surface area contributed by atoms with Crippen molar-refractivity contribution >= 4 is 0 Å². The number of ether oxygens (including phenoxy) is 1. The van der Waals surface area contributed by atoms with Crippen LogP contribution in [0.1, 0.15) is 52.2 Å². The lowest BCUT2D eigenvalue weighted by Gasteiger charge is -2.19. The van der Waals surface area contributed by atoms with Crippen LogP contribution in [0.5, 0.6) is 0 Å². The zero-order chi connectivity index (χ0) is 14.3. The molecule has 0 aliphatic heterocycles. The number of nitrogens with zero attached hydrogens (tertiary/aromatic N) is 2. The molecule has 4 heteroatoms. The Bertz CT molecular complexity index is 366. The van der Waals surface area contributed by atoms with Crippen LogP contribution in [0.4, 0.5) is 0 Å². The van der Waals surface area contributed by atoms with Crippen LogP contribution in [0.3, 0.4) is 0 Å². The topological polar surface area (TPSA) is 47.0 Å². The first-order valence-corrected chi connectivity index (χ1v) is 7.18. The molecule has 0 saturated carbocycles. The summed E-state index contributed by atoms with van der Waals surface area (Å²) >= 11 is 0. The van der Waals surface area contributed by atoms with Crippen LogP contribution in [0.25, 0.3) is 0 Å². The first-order valence-electron chi connectivity index (χ1n) is 7.18. The average molecular weight is 265 g/mol. The van der Waals surface area contributed by atoms with E-state index in [4.69, 9.17) is 4.74 Å². The molecular weight excluding hydrogens is 238 g/mol. The van der Waals surface area contributed by atoms with E-state index in [1.165, 1.54) is 0 Å². The quantitative estimate of drug-likeness (QED) is 0.785. The minimum Gasteiger partial charge on any atom is -0.370 e. The van der Waals surface area contributed by atoms with Gasteiger partial charge in [-0.05, 0) is 31.4 Å². The summed E-state index contributed by atoms with van der Waals surface area (Å²) in [6.07, 6.45) is 1.80. The highest BCUT2D eigenvalue weighted by atomic mass is 16.5. The van der Waals surface area contributed by atoms with Gasteiger partial charge in [0.15, 0.2) is 5.82 Å². The molecule has 4 nitrogen and oxygen atoms in total. The summed E-state index contributed by atoms with van der Waals surface area (Å²) in [7, 11) is 0. The number of aromatic nitrogens is 2. The zero-order valence-electron chi connectivity index (χ0n) is 12.8. The molecule has 0 bridgehead atoms. The molecule has 0 saturated heterocycles. The molecule has 1 aromatic heterocycles. The summed E-state index contributed by atoms with van der Waals surface area (Å²) in [4.78, 5) is 8.97. The lowest BCUT2D eigenvalue weighted by atomic mass is 10.1. The minimum atomic E-state index is -0.0185. The Morgan fingerprint density at radius 1 is 1.26 bits per heavy atom. The second-order valence-electron chi connectivity index (χ2n) is 5.55. The lowest BCUT2D eigenvalue weighted by Crippen LogP contribution is -2.21. The van der Waals surface area contributed by atoms with E-state index in [9.17, 15) is 0 Å². The van der Waals surface area contributed by atoms with Crippen LogP contribution in [-0.4, -0.2) is 23.1 Å². The zero-order valence-corrected chi connectivity index (χ0v) is 12.8. The van der Waals surface area contributed by atoms with Crippen LogP contribution >= 0.6 is 0 Å². The maximum atomic E-state index is 5.74. The van der Waals surface area contributed by atoms with Crippen molar-refractivity contribution in [2.45, 2.75) is 47.3 Å². The van der Waals surface area contributed by atoms with Gasteiger partial charge in [-0.15, -0.1) is 0 Å². The van der Waals surface area contributed by atoms with E-state index in [1.54, 1.807) is 0 Å². The molecule has 0 aromatic carbocycles. The summed E-state index contributed by atoms with van der Waals surface area (Å²) in [6, 6.07) is 1.96. The second kappa shape index (κ2) is 8.23. The average Bonchev–Trinajstić information content (AvgIpc) is 2.35. The van der Waals surface area contributed by atoms with Gasteiger partial charge < -0.3 is 10.1 Å². The van der Waals surface area contributed by atoms with Crippen LogP contribution in [0, 0.1) is 11.8 Å². The third-order valence-electron chi connectivity index (χ3n) is 2.80. The smallest absolute Gasteiger partial charge is 0.157 e. The molecule has 1 unspecified atom stereocenters. The molecule has 1 rings (SSSR count). The van der Waals surface area contributed by atoms with Crippen molar-refractivity contribution in [3.63, 3.8) is 0 Å². The summed E-state index contributed by atoms with van der Waals surface area (Å²) < 4.78 is 5.74. The normalized spacial score (nSPS) is 13.2. The number of hydrogen-bond donors (Lipinski definition) is 1. The van der Waals surface area contributed by atoms with Crippen molar-refractivity contribution in [3.8, 4) is 0 Å². The van der Waals surface area contributed by atoms with Crippen molar-refractivity contribution in [2.24, 2.45) is 11.8 Å². The molecule has 0 radical (unpaired) electrons.